The second-order valence-electron chi connectivity index (χ2n) is 12.2. The molecule has 1 amide bonds. The number of nitrogens with one attached hydrogen (secondary N) is 1. The molecule has 0 radical (unpaired) electrons. The van der Waals surface area contributed by atoms with Gasteiger partial charge in [-0.05, 0) is 87.3 Å². The molecule has 10 heteroatoms. The number of imidazole rings is 1. The van der Waals surface area contributed by atoms with Gasteiger partial charge in [0.1, 0.15) is 5.75 Å². The molecule has 2 fully saturated rings. The molecule has 6 rings (SSSR count). The number of fused-ring (bicyclic) bond motifs is 1. The average Bonchev–Trinajstić information content (AvgIpc) is 3.75. The lowest BCUT2D eigenvalue weighted by Crippen LogP contribution is -2.41. The summed E-state index contributed by atoms with van der Waals surface area (Å²) in [5.74, 6) is 2.62. The summed E-state index contributed by atoms with van der Waals surface area (Å²) < 4.78 is 21.9. The minimum atomic E-state index is -0.219. The first-order valence-corrected chi connectivity index (χ1v) is 15.8. The number of Topliss-reactive ketones (excluding diaryl/α,β-unsaturated/α-hetero) is 1. The molecule has 46 heavy (non-hydrogen) atoms. The van der Waals surface area contributed by atoms with Crippen molar-refractivity contribution in [2.75, 3.05) is 61.2 Å². The van der Waals surface area contributed by atoms with Gasteiger partial charge in [-0.3, -0.25) is 9.59 Å². The third-order valence-electron chi connectivity index (χ3n) is 9.74. The molecule has 0 saturated carbocycles. The summed E-state index contributed by atoms with van der Waals surface area (Å²) in [5.41, 5.74) is 3.19. The number of aromatic nitrogens is 2. The fraction of sp³-hybridized carbons (Fsp3) is 0.417. The number of aromatic amines is 1. The Morgan fingerprint density at radius 2 is 1.59 bits per heavy atom. The van der Waals surface area contributed by atoms with E-state index in [1.807, 2.05) is 41.3 Å². The second kappa shape index (κ2) is 13.4. The minimum Gasteiger partial charge on any atom is -0.497 e. The fourth-order valence-electron chi connectivity index (χ4n) is 7.02. The summed E-state index contributed by atoms with van der Waals surface area (Å²) in [6.45, 7) is 3.81. The summed E-state index contributed by atoms with van der Waals surface area (Å²) >= 11 is 0. The number of H-pyrrole nitrogens is 1. The SMILES string of the molecule is COc1ccc(C2(CCN3CCC(C(=O)c4nc5ccccc5[nH]4)CC3)CCN(C(=O)c3cc(OC)c(OC)c(OC)c3)C2)cc1. The van der Waals surface area contributed by atoms with Crippen LogP contribution in [-0.2, 0) is 5.41 Å². The maximum atomic E-state index is 13.9. The number of ether oxygens (including phenoxy) is 4. The number of likely N-dealkylation sites (tertiary alicyclic amines) is 2. The summed E-state index contributed by atoms with van der Waals surface area (Å²) in [6, 6.07) is 19.4. The molecule has 1 atom stereocenters. The van der Waals surface area contributed by atoms with Gasteiger partial charge in [0.2, 0.25) is 11.5 Å². The third-order valence-corrected chi connectivity index (χ3v) is 9.74. The monoisotopic (exact) mass is 626 g/mol. The van der Waals surface area contributed by atoms with Crippen LogP contribution in [0.1, 0.15) is 52.2 Å². The van der Waals surface area contributed by atoms with E-state index in [0.717, 1.165) is 62.1 Å². The number of carbonyl (C=O) groups is 2. The van der Waals surface area contributed by atoms with E-state index in [-0.39, 0.29) is 23.0 Å². The molecule has 242 valence electrons. The van der Waals surface area contributed by atoms with Gasteiger partial charge in [-0.1, -0.05) is 24.3 Å². The number of hydrogen-bond acceptors (Lipinski definition) is 8. The molecule has 0 bridgehead atoms. The first kappa shape index (κ1) is 31.4. The highest BCUT2D eigenvalue weighted by Gasteiger charge is 2.42. The molecule has 1 aromatic heterocycles. The zero-order valence-electron chi connectivity index (χ0n) is 27.0. The summed E-state index contributed by atoms with van der Waals surface area (Å²) in [5, 5.41) is 0. The second-order valence-corrected chi connectivity index (χ2v) is 12.2. The Labute approximate surface area is 269 Å². The first-order valence-electron chi connectivity index (χ1n) is 15.8. The quantitative estimate of drug-likeness (QED) is 0.222. The van der Waals surface area contributed by atoms with E-state index in [9.17, 15) is 9.59 Å². The number of nitrogens with zero attached hydrogens (tertiary/aromatic N) is 3. The Bertz CT molecular complexity index is 1640. The van der Waals surface area contributed by atoms with Gasteiger partial charge in [0, 0.05) is 30.0 Å². The first-order chi connectivity index (χ1) is 22.4. The standard InChI is InChI=1S/C36H42N4O6/c1-43-27-11-9-26(10-12-27)36(16-20-40(23-36)35(42)25-21-30(44-2)33(46-4)31(22-25)45-3)15-19-39-17-13-24(14-18-39)32(41)34-37-28-7-5-6-8-29(28)38-34/h5-12,21-22,24H,13-20,23H2,1-4H3,(H,37,38). The van der Waals surface area contributed by atoms with Crippen LogP contribution in [0.4, 0.5) is 0 Å². The van der Waals surface area contributed by atoms with E-state index in [2.05, 4.69) is 27.0 Å². The van der Waals surface area contributed by atoms with Crippen molar-refractivity contribution in [1.29, 1.82) is 0 Å². The molecule has 4 aromatic rings. The minimum absolute atomic E-state index is 0.0366. The third kappa shape index (κ3) is 6.13. The van der Waals surface area contributed by atoms with Gasteiger partial charge in [-0.25, -0.2) is 4.98 Å². The van der Waals surface area contributed by atoms with E-state index in [1.165, 1.54) is 5.56 Å². The van der Waals surface area contributed by atoms with Crippen molar-refractivity contribution in [3.05, 3.63) is 77.6 Å². The van der Waals surface area contributed by atoms with Crippen molar-refractivity contribution < 1.29 is 28.5 Å². The van der Waals surface area contributed by atoms with E-state index >= 15 is 0 Å². The number of ketones is 1. The van der Waals surface area contributed by atoms with Crippen LogP contribution in [0.5, 0.6) is 23.0 Å². The summed E-state index contributed by atoms with van der Waals surface area (Å²) in [6.07, 6.45) is 3.34. The van der Waals surface area contributed by atoms with Crippen LogP contribution in [0.2, 0.25) is 0 Å². The van der Waals surface area contributed by atoms with Crippen LogP contribution in [0.25, 0.3) is 11.0 Å². The number of carbonyl (C=O) groups excluding carboxylic acids is 2. The lowest BCUT2D eigenvalue weighted by molar-refractivity contribution is 0.0778. The van der Waals surface area contributed by atoms with Crippen molar-refractivity contribution in [2.45, 2.75) is 31.1 Å². The molecule has 2 saturated heterocycles. The number of piperidine rings is 1. The van der Waals surface area contributed by atoms with Crippen molar-refractivity contribution in [3.8, 4) is 23.0 Å². The molecule has 2 aliphatic heterocycles. The molecule has 2 aliphatic rings. The molecule has 1 N–H and O–H groups in total. The number of hydrogen-bond donors (Lipinski definition) is 1. The predicted octanol–water partition coefficient (Wildman–Crippen LogP) is 5.37. The van der Waals surface area contributed by atoms with Gasteiger partial charge in [0.05, 0.1) is 39.5 Å². The molecular formula is C36H42N4O6. The summed E-state index contributed by atoms with van der Waals surface area (Å²) in [4.78, 5) is 39.3. The van der Waals surface area contributed by atoms with Crippen molar-refractivity contribution in [3.63, 3.8) is 0 Å². The number of para-hydroxylation sites is 2. The highest BCUT2D eigenvalue weighted by atomic mass is 16.5. The Hall–Kier alpha value is -4.57. The van der Waals surface area contributed by atoms with Gasteiger partial charge in [-0.2, -0.15) is 0 Å². The zero-order valence-corrected chi connectivity index (χ0v) is 27.0. The Morgan fingerprint density at radius 3 is 2.22 bits per heavy atom. The van der Waals surface area contributed by atoms with Gasteiger partial charge >= 0.3 is 0 Å². The van der Waals surface area contributed by atoms with Crippen molar-refractivity contribution in [1.82, 2.24) is 19.8 Å². The van der Waals surface area contributed by atoms with Gasteiger partial charge in [0.15, 0.2) is 17.3 Å². The lowest BCUT2D eigenvalue weighted by Gasteiger charge is -2.36. The topological polar surface area (TPSA) is 106 Å². The number of benzene rings is 3. The normalized spacial score (nSPS) is 18.9. The van der Waals surface area contributed by atoms with Crippen LogP contribution in [-0.4, -0.2) is 92.6 Å². The molecule has 10 nitrogen and oxygen atoms in total. The van der Waals surface area contributed by atoms with Crippen LogP contribution < -0.4 is 18.9 Å². The van der Waals surface area contributed by atoms with Gasteiger partial charge in [-0.15, -0.1) is 0 Å². The Balaban J connectivity index is 1.15. The van der Waals surface area contributed by atoms with Gasteiger partial charge < -0.3 is 33.7 Å². The number of amides is 1. The maximum Gasteiger partial charge on any atom is 0.254 e. The molecule has 3 aromatic carbocycles. The molecular weight excluding hydrogens is 584 g/mol. The largest absolute Gasteiger partial charge is 0.497 e. The fourth-order valence-corrected chi connectivity index (χ4v) is 7.02. The van der Waals surface area contributed by atoms with Crippen molar-refractivity contribution in [2.24, 2.45) is 5.92 Å². The average molecular weight is 627 g/mol. The molecule has 0 aliphatic carbocycles. The van der Waals surface area contributed by atoms with E-state index in [0.29, 0.717) is 41.7 Å². The Kier molecular flexibility index (Phi) is 9.17. The van der Waals surface area contributed by atoms with E-state index < -0.39 is 0 Å². The van der Waals surface area contributed by atoms with Gasteiger partial charge in [0.25, 0.3) is 5.91 Å². The summed E-state index contributed by atoms with van der Waals surface area (Å²) in [7, 11) is 6.31. The highest BCUT2D eigenvalue weighted by Crippen LogP contribution is 2.42. The Morgan fingerprint density at radius 1 is 0.891 bits per heavy atom. The van der Waals surface area contributed by atoms with Crippen LogP contribution >= 0.6 is 0 Å². The molecule has 1 unspecified atom stereocenters. The van der Waals surface area contributed by atoms with E-state index in [1.54, 1.807) is 40.6 Å². The zero-order chi connectivity index (χ0) is 32.3. The highest BCUT2D eigenvalue weighted by molar-refractivity contribution is 5.97. The van der Waals surface area contributed by atoms with Crippen molar-refractivity contribution >= 4 is 22.7 Å². The van der Waals surface area contributed by atoms with Crippen LogP contribution in [0.3, 0.4) is 0 Å². The van der Waals surface area contributed by atoms with E-state index in [4.69, 9.17) is 18.9 Å². The van der Waals surface area contributed by atoms with Crippen LogP contribution in [0.15, 0.2) is 60.7 Å². The maximum absolute atomic E-state index is 13.9. The molecule has 0 spiro atoms. The number of rotatable bonds is 11. The predicted molar refractivity (Wildman–Crippen MR) is 175 cm³/mol. The number of methoxy groups -OCH3 is 4. The molecule has 3 heterocycles. The lowest BCUT2D eigenvalue weighted by atomic mass is 9.76. The van der Waals surface area contributed by atoms with Crippen LogP contribution in [0, 0.1) is 5.92 Å². The smallest absolute Gasteiger partial charge is 0.254 e.